The number of hydrogen-bond acceptors (Lipinski definition) is 4. The summed E-state index contributed by atoms with van der Waals surface area (Å²) in [6.45, 7) is 5.44. The quantitative estimate of drug-likeness (QED) is 0.679. The van der Waals surface area contributed by atoms with Crippen molar-refractivity contribution in [1.29, 1.82) is 0 Å². The largest absolute Gasteiger partial charge is 0.383 e. The first-order chi connectivity index (χ1) is 9.19. The molecule has 1 aromatic heterocycles. The van der Waals surface area contributed by atoms with E-state index in [0.29, 0.717) is 30.9 Å². The number of nitrogens with zero attached hydrogens (tertiary/aromatic N) is 1. The summed E-state index contributed by atoms with van der Waals surface area (Å²) in [5.41, 5.74) is 1.23. The molecule has 0 radical (unpaired) electrons. The van der Waals surface area contributed by atoms with Crippen LogP contribution in [-0.2, 0) is 4.79 Å². The minimum Gasteiger partial charge on any atom is -0.383 e. The molecule has 1 rings (SSSR count). The van der Waals surface area contributed by atoms with Gasteiger partial charge in [-0.3, -0.25) is 14.6 Å². The molecule has 6 heteroatoms. The molecular formula is C13H20N4O2. The summed E-state index contributed by atoms with van der Waals surface area (Å²) in [6, 6.07) is 1.65. The van der Waals surface area contributed by atoms with Crippen LogP contribution in [0.25, 0.3) is 0 Å². The first-order valence-corrected chi connectivity index (χ1v) is 6.41. The van der Waals surface area contributed by atoms with Gasteiger partial charge >= 0.3 is 0 Å². The highest BCUT2D eigenvalue weighted by Gasteiger charge is 2.10. The molecular weight excluding hydrogens is 244 g/mol. The zero-order valence-corrected chi connectivity index (χ0v) is 11.3. The molecule has 0 saturated carbocycles. The van der Waals surface area contributed by atoms with Crippen LogP contribution in [0, 0.1) is 0 Å². The maximum atomic E-state index is 12.0. The van der Waals surface area contributed by atoms with E-state index in [1.165, 1.54) is 0 Å². The first-order valence-electron chi connectivity index (χ1n) is 6.41. The van der Waals surface area contributed by atoms with Gasteiger partial charge in [0.25, 0.3) is 5.91 Å². The van der Waals surface area contributed by atoms with Gasteiger partial charge in [0.05, 0.1) is 17.4 Å². The molecule has 0 aliphatic heterocycles. The van der Waals surface area contributed by atoms with Crippen LogP contribution in [0.3, 0.4) is 0 Å². The maximum absolute atomic E-state index is 12.0. The normalized spacial score (nSPS) is 9.79. The van der Waals surface area contributed by atoms with Crippen molar-refractivity contribution in [2.75, 3.05) is 25.0 Å². The second kappa shape index (κ2) is 8.07. The highest BCUT2D eigenvalue weighted by molar-refractivity contribution is 5.99. The molecule has 0 aliphatic rings. The van der Waals surface area contributed by atoms with Crippen molar-refractivity contribution in [3.63, 3.8) is 0 Å². The summed E-state index contributed by atoms with van der Waals surface area (Å²) in [7, 11) is 0. The van der Waals surface area contributed by atoms with E-state index >= 15 is 0 Å². The lowest BCUT2D eigenvalue weighted by molar-refractivity contribution is -0.120. The van der Waals surface area contributed by atoms with Crippen molar-refractivity contribution in [3.8, 4) is 0 Å². The Morgan fingerprint density at radius 1 is 1.21 bits per heavy atom. The molecule has 0 bridgehead atoms. The van der Waals surface area contributed by atoms with Gasteiger partial charge < -0.3 is 16.0 Å². The zero-order chi connectivity index (χ0) is 14.1. The minimum absolute atomic E-state index is 0.0653. The predicted molar refractivity (Wildman–Crippen MR) is 74.0 cm³/mol. The Morgan fingerprint density at radius 3 is 2.68 bits per heavy atom. The molecule has 2 amide bonds. The van der Waals surface area contributed by atoms with Crippen molar-refractivity contribution >= 4 is 17.5 Å². The van der Waals surface area contributed by atoms with Crippen molar-refractivity contribution in [1.82, 2.24) is 15.6 Å². The lowest BCUT2D eigenvalue weighted by atomic mass is 10.2. The van der Waals surface area contributed by atoms with Crippen LogP contribution in [0.2, 0.25) is 0 Å². The number of nitrogens with one attached hydrogen (secondary N) is 3. The van der Waals surface area contributed by atoms with Crippen molar-refractivity contribution in [2.24, 2.45) is 0 Å². The van der Waals surface area contributed by atoms with Gasteiger partial charge in [-0.05, 0) is 19.9 Å². The van der Waals surface area contributed by atoms with Crippen LogP contribution >= 0.6 is 0 Å². The van der Waals surface area contributed by atoms with Gasteiger partial charge in [0.2, 0.25) is 5.91 Å². The second-order valence-corrected chi connectivity index (χ2v) is 3.91. The Hall–Kier alpha value is -2.11. The molecule has 1 aromatic rings. The Balaban J connectivity index is 2.51. The van der Waals surface area contributed by atoms with Crippen LogP contribution in [0.5, 0.6) is 0 Å². The molecule has 0 aliphatic carbocycles. The van der Waals surface area contributed by atoms with Crippen LogP contribution in [-0.4, -0.2) is 36.4 Å². The molecule has 19 heavy (non-hydrogen) atoms. The van der Waals surface area contributed by atoms with E-state index in [9.17, 15) is 9.59 Å². The molecule has 104 valence electrons. The van der Waals surface area contributed by atoms with Gasteiger partial charge in [0, 0.05) is 32.3 Å². The van der Waals surface area contributed by atoms with E-state index in [4.69, 9.17) is 0 Å². The topological polar surface area (TPSA) is 83.1 Å². The van der Waals surface area contributed by atoms with Gasteiger partial charge in [-0.1, -0.05) is 0 Å². The van der Waals surface area contributed by atoms with Crippen molar-refractivity contribution < 1.29 is 9.59 Å². The number of rotatable bonds is 7. The molecule has 0 spiro atoms. The van der Waals surface area contributed by atoms with Gasteiger partial charge in [-0.15, -0.1) is 0 Å². The fourth-order valence-corrected chi connectivity index (χ4v) is 1.59. The van der Waals surface area contributed by atoms with Crippen LogP contribution in [0.4, 0.5) is 5.69 Å². The highest BCUT2D eigenvalue weighted by Crippen LogP contribution is 2.12. The van der Waals surface area contributed by atoms with Gasteiger partial charge in [0.1, 0.15) is 0 Å². The van der Waals surface area contributed by atoms with Crippen molar-refractivity contribution in [3.05, 3.63) is 24.0 Å². The van der Waals surface area contributed by atoms with E-state index in [2.05, 4.69) is 20.9 Å². The van der Waals surface area contributed by atoms with E-state index in [1.807, 2.05) is 13.8 Å². The fraction of sp³-hybridized carbons (Fsp3) is 0.462. The summed E-state index contributed by atoms with van der Waals surface area (Å²) in [4.78, 5) is 27.2. The molecule has 6 nitrogen and oxygen atoms in total. The zero-order valence-electron chi connectivity index (χ0n) is 11.3. The third-order valence-electron chi connectivity index (χ3n) is 2.44. The van der Waals surface area contributed by atoms with E-state index in [1.54, 1.807) is 18.5 Å². The molecule has 3 N–H and O–H groups in total. The molecule has 0 fully saturated rings. The van der Waals surface area contributed by atoms with E-state index in [-0.39, 0.29) is 18.2 Å². The predicted octanol–water partition coefficient (Wildman–Crippen LogP) is 0.769. The van der Waals surface area contributed by atoms with Crippen LogP contribution in [0.15, 0.2) is 18.5 Å². The summed E-state index contributed by atoms with van der Waals surface area (Å²) in [5, 5.41) is 8.47. The number of amides is 2. The lowest BCUT2D eigenvalue weighted by Gasteiger charge is -2.10. The minimum atomic E-state index is -0.206. The molecule has 0 unspecified atom stereocenters. The monoisotopic (exact) mass is 264 g/mol. The lowest BCUT2D eigenvalue weighted by Crippen LogP contribution is -2.31. The van der Waals surface area contributed by atoms with Crippen LogP contribution in [0.1, 0.15) is 30.6 Å². The maximum Gasteiger partial charge on any atom is 0.253 e. The number of carbonyl (C=O) groups is 2. The highest BCUT2D eigenvalue weighted by atomic mass is 16.2. The van der Waals surface area contributed by atoms with E-state index < -0.39 is 0 Å². The molecule has 1 heterocycles. The number of pyridine rings is 1. The number of anilines is 1. The summed E-state index contributed by atoms with van der Waals surface area (Å²) >= 11 is 0. The third-order valence-corrected chi connectivity index (χ3v) is 2.44. The summed E-state index contributed by atoms with van der Waals surface area (Å²) in [5.74, 6) is -0.271. The number of carbonyl (C=O) groups excluding carboxylic acids is 2. The smallest absolute Gasteiger partial charge is 0.253 e. The Morgan fingerprint density at radius 2 is 2.00 bits per heavy atom. The standard InChI is InChI=1S/C13H20N4O2/c1-3-15-11-9-14-7-5-10(11)13(19)17-8-6-12(18)16-4-2/h5,7,9,15H,3-4,6,8H2,1-2H3,(H,16,18)(H,17,19). The van der Waals surface area contributed by atoms with Gasteiger partial charge in [0.15, 0.2) is 0 Å². The average Bonchev–Trinajstić information content (AvgIpc) is 2.40. The van der Waals surface area contributed by atoms with Crippen molar-refractivity contribution in [2.45, 2.75) is 20.3 Å². The fourth-order valence-electron chi connectivity index (χ4n) is 1.59. The molecule has 0 atom stereocenters. The van der Waals surface area contributed by atoms with Gasteiger partial charge in [-0.2, -0.15) is 0 Å². The number of aromatic nitrogens is 1. The average molecular weight is 264 g/mol. The Bertz CT molecular complexity index is 434. The van der Waals surface area contributed by atoms with Crippen LogP contribution < -0.4 is 16.0 Å². The van der Waals surface area contributed by atoms with E-state index in [0.717, 1.165) is 0 Å². The van der Waals surface area contributed by atoms with Gasteiger partial charge in [-0.25, -0.2) is 0 Å². The second-order valence-electron chi connectivity index (χ2n) is 3.91. The summed E-state index contributed by atoms with van der Waals surface area (Å²) < 4.78 is 0. The Kier molecular flexibility index (Phi) is 6.35. The molecule has 0 aromatic carbocycles. The summed E-state index contributed by atoms with van der Waals surface area (Å²) in [6.07, 6.45) is 3.46. The molecule has 0 saturated heterocycles. The Labute approximate surface area is 113 Å². The number of hydrogen-bond donors (Lipinski definition) is 3. The first kappa shape index (κ1) is 14.9. The SMILES string of the molecule is CCNC(=O)CCNC(=O)c1ccncc1NCC. The third kappa shape index (κ3) is 4.95.